The predicted molar refractivity (Wildman–Crippen MR) is 190 cm³/mol. The first kappa shape index (κ1) is 25.3. The normalized spacial score (nSPS) is 11.6. The van der Waals surface area contributed by atoms with E-state index >= 15 is 0 Å². The maximum Gasteiger partial charge on any atom is 0.0901 e. The van der Waals surface area contributed by atoms with Crippen LogP contribution in [0, 0.1) is 0 Å². The molecule has 2 nitrogen and oxygen atoms in total. The van der Waals surface area contributed by atoms with Crippen LogP contribution in [-0.2, 0) is 0 Å². The Morgan fingerprint density at radius 2 is 0.841 bits per heavy atom. The Morgan fingerprint density at radius 3 is 1.41 bits per heavy atom. The first-order chi connectivity index (χ1) is 21.9. The number of nitrogens with zero attached hydrogens (tertiary/aromatic N) is 2. The van der Waals surface area contributed by atoms with E-state index in [1.165, 1.54) is 68.7 Å². The molecule has 5 aromatic carbocycles. The summed E-state index contributed by atoms with van der Waals surface area (Å²) in [7, 11) is 0. The average Bonchev–Trinajstić information content (AvgIpc) is 3.70. The summed E-state index contributed by atoms with van der Waals surface area (Å²) in [5, 5.41) is 8.51. The zero-order chi connectivity index (χ0) is 29.0. The largest absolute Gasteiger partial charge is 0.264 e. The summed E-state index contributed by atoms with van der Waals surface area (Å²) in [6, 6.07) is 45.3. The van der Waals surface area contributed by atoms with Gasteiger partial charge in [0.2, 0.25) is 0 Å². The van der Waals surface area contributed by atoms with E-state index in [9.17, 15) is 0 Å². The van der Waals surface area contributed by atoms with Crippen molar-refractivity contribution in [3.05, 3.63) is 146 Å². The molecule has 0 atom stereocenters. The summed E-state index contributed by atoms with van der Waals surface area (Å²) < 4.78 is 0. The van der Waals surface area contributed by atoms with Gasteiger partial charge in [-0.1, -0.05) is 121 Å². The highest BCUT2D eigenvalue weighted by atomic mass is 32.1. The van der Waals surface area contributed by atoms with Crippen LogP contribution in [0.2, 0.25) is 0 Å². The minimum Gasteiger partial charge on any atom is -0.264 e. The molecule has 0 fully saturated rings. The maximum atomic E-state index is 5.24. The van der Waals surface area contributed by atoms with Crippen molar-refractivity contribution in [2.45, 2.75) is 0 Å². The maximum absolute atomic E-state index is 5.24. The molecule has 0 aliphatic rings. The first-order valence-corrected chi connectivity index (χ1v) is 16.3. The second kappa shape index (κ2) is 10.2. The minimum absolute atomic E-state index is 1.04. The van der Waals surface area contributed by atoms with Crippen LogP contribution in [0.5, 0.6) is 0 Å². The van der Waals surface area contributed by atoms with Crippen molar-refractivity contribution in [3.8, 4) is 41.8 Å². The lowest BCUT2D eigenvalue weighted by Crippen LogP contribution is -1.88. The van der Waals surface area contributed by atoms with E-state index in [2.05, 4.69) is 139 Å². The number of aromatic nitrogens is 2. The Hall–Kier alpha value is -5.16. The van der Waals surface area contributed by atoms with E-state index in [4.69, 9.17) is 4.98 Å². The number of pyridine rings is 2. The van der Waals surface area contributed by atoms with E-state index in [0.29, 0.717) is 0 Å². The van der Waals surface area contributed by atoms with E-state index in [0.717, 1.165) is 16.3 Å². The fourth-order valence-corrected chi connectivity index (χ4v) is 9.08. The van der Waals surface area contributed by atoms with Crippen LogP contribution in [-0.4, -0.2) is 9.97 Å². The molecule has 4 aromatic heterocycles. The SMILES string of the molecule is c1ccc(-c2sc(-c3ccccc3)c3c2ncc2c4cnccc4c4c(-c5ccccc5)sc(-c5ccccc5)c4c23)cc1. The Bertz CT molecular complexity index is 2460. The second-order valence-electron chi connectivity index (χ2n) is 10.9. The van der Waals surface area contributed by atoms with Gasteiger partial charge in [-0.25, -0.2) is 0 Å². The summed E-state index contributed by atoms with van der Waals surface area (Å²) in [5.41, 5.74) is 5.89. The standard InChI is InChI=1S/C40H24N2S2/c1-5-13-25(14-6-1)37-33-29-21-22-41-23-30(29)31-24-42-36-35(32(31)34(33)38(43-37)26-15-7-2-8-16-26)39(27-17-9-3-10-18-27)44-40(36)28-19-11-4-12-20-28/h1-24H. The fourth-order valence-electron chi connectivity index (χ4n) is 6.49. The molecule has 0 aliphatic heterocycles. The van der Waals surface area contributed by atoms with Crippen molar-refractivity contribution in [1.82, 2.24) is 9.97 Å². The van der Waals surface area contributed by atoms with Gasteiger partial charge in [0.25, 0.3) is 0 Å². The van der Waals surface area contributed by atoms with Gasteiger partial charge in [-0.15, -0.1) is 22.7 Å². The molecule has 9 aromatic rings. The molecule has 0 N–H and O–H groups in total. The van der Waals surface area contributed by atoms with Gasteiger partial charge in [-0.05, 0) is 33.7 Å². The van der Waals surface area contributed by atoms with Gasteiger partial charge < -0.3 is 0 Å². The van der Waals surface area contributed by atoms with Crippen molar-refractivity contribution in [2.75, 3.05) is 0 Å². The topological polar surface area (TPSA) is 25.8 Å². The highest BCUT2D eigenvalue weighted by Gasteiger charge is 2.25. The van der Waals surface area contributed by atoms with Crippen molar-refractivity contribution in [2.24, 2.45) is 0 Å². The zero-order valence-electron chi connectivity index (χ0n) is 23.6. The monoisotopic (exact) mass is 596 g/mol. The van der Waals surface area contributed by atoms with Crippen molar-refractivity contribution >= 4 is 65.9 Å². The zero-order valence-corrected chi connectivity index (χ0v) is 25.2. The van der Waals surface area contributed by atoms with E-state index in [1.807, 2.05) is 35.1 Å². The number of hydrogen-bond acceptors (Lipinski definition) is 4. The van der Waals surface area contributed by atoms with Crippen LogP contribution < -0.4 is 0 Å². The molecule has 0 spiro atoms. The quantitative estimate of drug-likeness (QED) is 0.189. The van der Waals surface area contributed by atoms with Gasteiger partial charge >= 0.3 is 0 Å². The van der Waals surface area contributed by atoms with E-state index < -0.39 is 0 Å². The number of fused-ring (bicyclic) bond motifs is 8. The van der Waals surface area contributed by atoms with Crippen molar-refractivity contribution in [1.29, 1.82) is 0 Å². The fraction of sp³-hybridized carbons (Fsp3) is 0. The minimum atomic E-state index is 1.04. The molecular weight excluding hydrogens is 573 g/mol. The molecule has 4 heteroatoms. The Balaban J connectivity index is 1.57. The highest BCUT2D eigenvalue weighted by molar-refractivity contribution is 7.22. The lowest BCUT2D eigenvalue weighted by molar-refractivity contribution is 1.37. The molecule has 4 heterocycles. The molecule has 0 amide bonds. The molecule has 0 aliphatic carbocycles. The van der Waals surface area contributed by atoms with Crippen LogP contribution in [0.25, 0.3) is 85.0 Å². The lowest BCUT2D eigenvalue weighted by Gasteiger charge is -2.12. The molecule has 44 heavy (non-hydrogen) atoms. The molecule has 0 unspecified atom stereocenters. The van der Waals surface area contributed by atoms with Gasteiger partial charge in [0, 0.05) is 65.5 Å². The van der Waals surface area contributed by atoms with Gasteiger partial charge in [0.1, 0.15) is 0 Å². The van der Waals surface area contributed by atoms with Gasteiger partial charge in [-0.3, -0.25) is 9.97 Å². The van der Waals surface area contributed by atoms with Gasteiger partial charge in [-0.2, -0.15) is 0 Å². The van der Waals surface area contributed by atoms with E-state index in [1.54, 1.807) is 0 Å². The van der Waals surface area contributed by atoms with Gasteiger partial charge in [0.05, 0.1) is 10.4 Å². The van der Waals surface area contributed by atoms with Crippen LogP contribution in [0.15, 0.2) is 146 Å². The molecule has 0 bridgehead atoms. The third-order valence-electron chi connectivity index (χ3n) is 8.41. The smallest absolute Gasteiger partial charge is 0.0901 e. The Morgan fingerprint density at radius 1 is 0.364 bits per heavy atom. The molecule has 9 rings (SSSR count). The Kier molecular flexibility index (Phi) is 5.90. The van der Waals surface area contributed by atoms with Crippen molar-refractivity contribution < 1.29 is 0 Å². The average molecular weight is 597 g/mol. The van der Waals surface area contributed by atoms with E-state index in [-0.39, 0.29) is 0 Å². The summed E-state index contributed by atoms with van der Waals surface area (Å²) in [6.45, 7) is 0. The van der Waals surface area contributed by atoms with Crippen molar-refractivity contribution in [3.63, 3.8) is 0 Å². The third kappa shape index (κ3) is 3.85. The number of rotatable bonds is 4. The molecule has 0 radical (unpaired) electrons. The molecule has 0 saturated heterocycles. The number of benzene rings is 5. The first-order valence-electron chi connectivity index (χ1n) is 14.7. The predicted octanol–water partition coefficient (Wildman–Crippen LogP) is 11.9. The van der Waals surface area contributed by atoms with Crippen LogP contribution >= 0.6 is 22.7 Å². The Labute approximate surface area is 262 Å². The molecule has 206 valence electrons. The van der Waals surface area contributed by atoms with Crippen LogP contribution in [0.1, 0.15) is 0 Å². The summed E-state index contributed by atoms with van der Waals surface area (Å²) in [5.74, 6) is 0. The second-order valence-corrected chi connectivity index (χ2v) is 13.0. The highest BCUT2D eigenvalue weighted by Crippen LogP contribution is 2.54. The molecular formula is C40H24N2S2. The van der Waals surface area contributed by atoms with Crippen LogP contribution in [0.3, 0.4) is 0 Å². The van der Waals surface area contributed by atoms with Gasteiger partial charge in [0.15, 0.2) is 0 Å². The third-order valence-corrected chi connectivity index (χ3v) is 11.0. The summed E-state index contributed by atoms with van der Waals surface area (Å²) in [6.07, 6.45) is 6.03. The molecule has 0 saturated carbocycles. The van der Waals surface area contributed by atoms with Crippen LogP contribution in [0.4, 0.5) is 0 Å². The summed E-state index contributed by atoms with van der Waals surface area (Å²) in [4.78, 5) is 14.9. The summed E-state index contributed by atoms with van der Waals surface area (Å²) >= 11 is 3.72. The number of thiophene rings is 2. The number of hydrogen-bond donors (Lipinski definition) is 0. The lowest BCUT2D eigenvalue weighted by atomic mass is 9.91.